The molecule has 1 atom stereocenters. The van der Waals surface area contributed by atoms with Crippen molar-refractivity contribution in [1.82, 2.24) is 5.32 Å². The molecule has 3 nitrogen and oxygen atoms in total. The van der Waals surface area contributed by atoms with Crippen molar-refractivity contribution >= 4 is 41.4 Å². The molecule has 0 saturated carbocycles. The number of carbonyl (C=O) groups is 1. The molecule has 6 heteroatoms. The van der Waals surface area contributed by atoms with E-state index in [2.05, 4.69) is 5.32 Å². The van der Waals surface area contributed by atoms with E-state index in [1.165, 1.54) is 11.3 Å². The Bertz CT molecular complexity index is 317. The number of hydrogen-bond donors (Lipinski definition) is 2. The highest BCUT2D eigenvalue weighted by Crippen LogP contribution is 2.25. The Balaban J connectivity index is 0.00000196. The Hall–Kier alpha value is -0.230. The first-order valence-corrected chi connectivity index (χ1v) is 6.42. The van der Waals surface area contributed by atoms with Gasteiger partial charge in [0.25, 0.3) is 5.91 Å². The molecule has 3 N–H and O–H groups in total. The molecule has 0 aliphatic heterocycles. The van der Waals surface area contributed by atoms with Crippen LogP contribution in [0.3, 0.4) is 0 Å². The fourth-order valence-electron chi connectivity index (χ4n) is 0.972. The first kappa shape index (κ1) is 14.8. The van der Waals surface area contributed by atoms with Crippen LogP contribution in [0.5, 0.6) is 0 Å². The van der Waals surface area contributed by atoms with Crippen LogP contribution in [0.25, 0.3) is 0 Å². The number of thiophene rings is 1. The van der Waals surface area contributed by atoms with E-state index in [-0.39, 0.29) is 24.4 Å². The van der Waals surface area contributed by atoms with Gasteiger partial charge < -0.3 is 11.1 Å². The summed E-state index contributed by atoms with van der Waals surface area (Å²) >= 11 is 3.04. The molecule has 0 aromatic carbocycles. The summed E-state index contributed by atoms with van der Waals surface area (Å²) in [7, 11) is 0. The topological polar surface area (TPSA) is 55.1 Å². The van der Waals surface area contributed by atoms with Crippen LogP contribution < -0.4 is 11.1 Å². The third kappa shape index (κ3) is 4.03. The molecule has 1 heterocycles. The van der Waals surface area contributed by atoms with Gasteiger partial charge in [0.05, 0.1) is 0 Å². The van der Waals surface area contributed by atoms with E-state index in [9.17, 15) is 4.79 Å². The van der Waals surface area contributed by atoms with E-state index in [1.807, 2.05) is 24.6 Å². The van der Waals surface area contributed by atoms with E-state index >= 15 is 0 Å². The number of carbonyl (C=O) groups excluding carboxylic acids is 1. The molecule has 0 unspecified atom stereocenters. The molecule has 0 saturated heterocycles. The molecule has 0 spiro atoms. The molecule has 0 bridgehead atoms. The maximum atomic E-state index is 11.7. The largest absolute Gasteiger partial charge is 0.348 e. The maximum absolute atomic E-state index is 11.7. The summed E-state index contributed by atoms with van der Waals surface area (Å²) in [4.78, 5) is 13.5. The van der Waals surface area contributed by atoms with Crippen LogP contribution in [0.1, 0.15) is 16.6 Å². The Labute approximate surface area is 104 Å². The summed E-state index contributed by atoms with van der Waals surface area (Å²) in [5.41, 5.74) is 5.43. The monoisotopic (exact) mass is 266 g/mol. The summed E-state index contributed by atoms with van der Waals surface area (Å²) in [6.07, 6.45) is 1.96. The van der Waals surface area contributed by atoms with E-state index < -0.39 is 0 Å². The smallest absolute Gasteiger partial charge is 0.262 e. The van der Waals surface area contributed by atoms with Gasteiger partial charge in [-0.2, -0.15) is 0 Å². The lowest BCUT2D eigenvalue weighted by atomic mass is 10.3. The zero-order valence-electron chi connectivity index (χ0n) is 8.65. The van der Waals surface area contributed by atoms with Gasteiger partial charge in [-0.25, -0.2) is 0 Å². The zero-order chi connectivity index (χ0) is 10.6. The SMILES string of the molecule is CSc1ccsc1C(=O)N[C@@H](C)CN.Cl. The number of hydrogen-bond acceptors (Lipinski definition) is 4. The van der Waals surface area contributed by atoms with Gasteiger partial charge in [0.2, 0.25) is 0 Å². The second-order valence-electron chi connectivity index (χ2n) is 2.93. The van der Waals surface area contributed by atoms with Crippen molar-refractivity contribution in [2.75, 3.05) is 12.8 Å². The molecule has 1 aromatic heterocycles. The van der Waals surface area contributed by atoms with Gasteiger partial charge in [0.15, 0.2) is 0 Å². The van der Waals surface area contributed by atoms with Crippen molar-refractivity contribution < 1.29 is 4.79 Å². The minimum atomic E-state index is -0.0256. The molecule has 0 radical (unpaired) electrons. The Morgan fingerprint density at radius 1 is 1.73 bits per heavy atom. The summed E-state index contributed by atoms with van der Waals surface area (Å²) in [6, 6.07) is 1.98. The fraction of sp³-hybridized carbons (Fsp3) is 0.444. The van der Waals surface area contributed by atoms with Gasteiger partial charge in [0.1, 0.15) is 4.88 Å². The Kier molecular flexibility index (Phi) is 7.00. The predicted octanol–water partition coefficient (Wildman–Crippen LogP) is 1.97. The fourth-order valence-corrected chi connectivity index (χ4v) is 2.63. The molecule has 0 fully saturated rings. The second-order valence-corrected chi connectivity index (χ2v) is 4.69. The van der Waals surface area contributed by atoms with Crippen molar-refractivity contribution in [1.29, 1.82) is 0 Å². The molecular weight excluding hydrogens is 252 g/mol. The van der Waals surface area contributed by atoms with Gasteiger partial charge in [-0.05, 0) is 24.6 Å². The molecule has 15 heavy (non-hydrogen) atoms. The van der Waals surface area contributed by atoms with Crippen molar-refractivity contribution in [3.05, 3.63) is 16.3 Å². The van der Waals surface area contributed by atoms with Crippen LogP contribution in [-0.2, 0) is 0 Å². The zero-order valence-corrected chi connectivity index (χ0v) is 11.1. The van der Waals surface area contributed by atoms with E-state index in [1.54, 1.807) is 11.8 Å². The quantitative estimate of drug-likeness (QED) is 0.820. The minimum Gasteiger partial charge on any atom is -0.348 e. The van der Waals surface area contributed by atoms with E-state index in [4.69, 9.17) is 5.73 Å². The number of amides is 1. The summed E-state index contributed by atoms with van der Waals surface area (Å²) in [5, 5.41) is 4.76. The van der Waals surface area contributed by atoms with Gasteiger partial charge in [-0.15, -0.1) is 35.5 Å². The van der Waals surface area contributed by atoms with Crippen molar-refractivity contribution in [3.8, 4) is 0 Å². The van der Waals surface area contributed by atoms with Crippen LogP contribution in [0.2, 0.25) is 0 Å². The first-order chi connectivity index (χ1) is 6.69. The Morgan fingerprint density at radius 2 is 2.40 bits per heavy atom. The van der Waals surface area contributed by atoms with Crippen LogP contribution in [0.4, 0.5) is 0 Å². The maximum Gasteiger partial charge on any atom is 0.262 e. The molecule has 1 aromatic rings. The lowest BCUT2D eigenvalue weighted by Crippen LogP contribution is -2.37. The van der Waals surface area contributed by atoms with Crippen LogP contribution >= 0.6 is 35.5 Å². The van der Waals surface area contributed by atoms with Crippen LogP contribution in [0, 0.1) is 0 Å². The highest BCUT2D eigenvalue weighted by molar-refractivity contribution is 7.98. The standard InChI is InChI=1S/C9H14N2OS2.ClH/c1-6(5-10)11-9(12)8-7(13-2)3-4-14-8;/h3-4,6H,5,10H2,1-2H3,(H,11,12);1H/t6-;/m0./s1. The summed E-state index contributed by atoms with van der Waals surface area (Å²) in [5.74, 6) is -0.0256. The van der Waals surface area contributed by atoms with E-state index in [0.717, 1.165) is 9.77 Å². The van der Waals surface area contributed by atoms with Crippen molar-refractivity contribution in [3.63, 3.8) is 0 Å². The summed E-state index contributed by atoms with van der Waals surface area (Å²) < 4.78 is 0. The van der Waals surface area contributed by atoms with Gasteiger partial charge >= 0.3 is 0 Å². The van der Waals surface area contributed by atoms with Gasteiger partial charge in [-0.1, -0.05) is 0 Å². The normalized spacial score (nSPS) is 11.7. The number of nitrogens with two attached hydrogens (primary N) is 1. The number of rotatable bonds is 4. The highest BCUT2D eigenvalue weighted by atomic mass is 35.5. The molecule has 0 aliphatic rings. The van der Waals surface area contributed by atoms with E-state index in [0.29, 0.717) is 6.54 Å². The highest BCUT2D eigenvalue weighted by Gasteiger charge is 2.13. The van der Waals surface area contributed by atoms with Crippen molar-refractivity contribution in [2.45, 2.75) is 17.9 Å². The molecule has 1 rings (SSSR count). The lowest BCUT2D eigenvalue weighted by Gasteiger charge is -2.10. The minimum absolute atomic E-state index is 0. The number of thioether (sulfide) groups is 1. The first-order valence-electron chi connectivity index (χ1n) is 4.31. The molecular formula is C9H15ClN2OS2. The molecule has 1 amide bonds. The average Bonchev–Trinajstić information content (AvgIpc) is 2.65. The molecule has 86 valence electrons. The molecule has 0 aliphatic carbocycles. The summed E-state index contributed by atoms with van der Waals surface area (Å²) in [6.45, 7) is 2.36. The third-order valence-electron chi connectivity index (χ3n) is 1.79. The Morgan fingerprint density at radius 3 is 2.93 bits per heavy atom. The van der Waals surface area contributed by atoms with Crippen molar-refractivity contribution in [2.24, 2.45) is 5.73 Å². The number of halogens is 1. The van der Waals surface area contributed by atoms with Gasteiger partial charge in [-0.3, -0.25) is 4.79 Å². The van der Waals surface area contributed by atoms with Crippen LogP contribution in [0.15, 0.2) is 16.3 Å². The number of nitrogens with one attached hydrogen (secondary N) is 1. The van der Waals surface area contributed by atoms with Crippen LogP contribution in [-0.4, -0.2) is 24.7 Å². The average molecular weight is 267 g/mol. The van der Waals surface area contributed by atoms with Gasteiger partial charge in [0, 0.05) is 17.5 Å². The predicted molar refractivity (Wildman–Crippen MR) is 69.3 cm³/mol. The lowest BCUT2D eigenvalue weighted by molar-refractivity contribution is 0.0943. The second kappa shape index (κ2) is 7.11. The third-order valence-corrected chi connectivity index (χ3v) is 3.61.